The first kappa shape index (κ1) is 13.7. The number of carboxylic acid groups (broad SMARTS) is 1. The van der Waals surface area contributed by atoms with Crippen LogP contribution in [0.1, 0.15) is 12.5 Å². The molecule has 0 aliphatic carbocycles. The zero-order valence-electron chi connectivity index (χ0n) is 10.7. The highest BCUT2D eigenvalue weighted by Crippen LogP contribution is 2.22. The van der Waals surface area contributed by atoms with E-state index in [1.807, 2.05) is 18.2 Å². The highest BCUT2D eigenvalue weighted by atomic mass is 32.2. The van der Waals surface area contributed by atoms with Gasteiger partial charge in [0.2, 0.25) is 0 Å². The van der Waals surface area contributed by atoms with Gasteiger partial charge in [-0.1, -0.05) is 54.6 Å². The van der Waals surface area contributed by atoms with Gasteiger partial charge in [-0.15, -0.1) is 11.8 Å². The molecule has 0 aliphatic rings. The van der Waals surface area contributed by atoms with Crippen LogP contribution in [0.4, 0.5) is 0 Å². The highest BCUT2D eigenvalue weighted by Gasteiger charge is 2.10. The number of rotatable bonds is 5. The topological polar surface area (TPSA) is 37.3 Å². The van der Waals surface area contributed by atoms with Crippen molar-refractivity contribution in [1.82, 2.24) is 0 Å². The van der Waals surface area contributed by atoms with Crippen molar-refractivity contribution < 1.29 is 9.90 Å². The molecule has 0 spiro atoms. The largest absolute Gasteiger partial charge is 0.480 e. The van der Waals surface area contributed by atoms with Crippen molar-refractivity contribution in [3.63, 3.8) is 0 Å². The van der Waals surface area contributed by atoms with Crippen molar-refractivity contribution in [3.05, 3.63) is 60.2 Å². The molecule has 0 saturated heterocycles. The second kappa shape index (κ2) is 6.43. The Morgan fingerprint density at radius 1 is 1.05 bits per heavy atom. The van der Waals surface area contributed by atoms with E-state index in [1.165, 1.54) is 22.9 Å². The number of carboxylic acids is 1. The average Bonchev–Trinajstić information content (AvgIpc) is 2.46. The Morgan fingerprint density at radius 3 is 2.21 bits per heavy atom. The average molecular weight is 272 g/mol. The molecule has 98 valence electrons. The molecular weight excluding hydrogens is 256 g/mol. The van der Waals surface area contributed by atoms with Crippen molar-refractivity contribution in [1.29, 1.82) is 0 Å². The number of benzene rings is 2. The van der Waals surface area contributed by atoms with E-state index < -0.39 is 5.97 Å². The number of thioether (sulfide) groups is 1. The fourth-order valence-electron chi connectivity index (χ4n) is 1.72. The number of carbonyl (C=O) groups is 1. The molecule has 1 atom stereocenters. The van der Waals surface area contributed by atoms with E-state index in [-0.39, 0.29) is 5.25 Å². The Bertz CT molecular complexity index is 534. The lowest BCUT2D eigenvalue weighted by atomic mass is 10.0. The Labute approximate surface area is 117 Å². The van der Waals surface area contributed by atoms with E-state index in [4.69, 9.17) is 5.11 Å². The maximum Gasteiger partial charge on any atom is 0.316 e. The minimum absolute atomic E-state index is 0.367. The van der Waals surface area contributed by atoms with Gasteiger partial charge in [-0.3, -0.25) is 4.79 Å². The zero-order chi connectivity index (χ0) is 13.7. The first-order valence-electron chi connectivity index (χ1n) is 6.15. The fraction of sp³-hybridized carbons (Fsp3) is 0.188. The first-order valence-corrected chi connectivity index (χ1v) is 7.20. The third-order valence-corrected chi connectivity index (χ3v) is 4.11. The number of aliphatic carboxylic acids is 1. The minimum atomic E-state index is -0.758. The molecule has 0 fully saturated rings. The molecule has 0 heterocycles. The van der Waals surface area contributed by atoms with Gasteiger partial charge in [0.15, 0.2) is 0 Å². The van der Waals surface area contributed by atoms with Crippen LogP contribution in [0.5, 0.6) is 0 Å². The van der Waals surface area contributed by atoms with Gasteiger partial charge in [-0.25, -0.2) is 0 Å². The van der Waals surface area contributed by atoms with Gasteiger partial charge < -0.3 is 5.11 Å². The molecular formula is C16H16O2S. The molecule has 0 saturated carbocycles. The summed E-state index contributed by atoms with van der Waals surface area (Å²) in [5.41, 5.74) is 3.53. The Morgan fingerprint density at radius 2 is 1.63 bits per heavy atom. The maximum absolute atomic E-state index is 10.7. The molecule has 2 aromatic carbocycles. The lowest BCUT2D eigenvalue weighted by molar-refractivity contribution is -0.136. The molecule has 0 aromatic heterocycles. The van der Waals surface area contributed by atoms with Gasteiger partial charge in [-0.05, 0) is 23.6 Å². The van der Waals surface area contributed by atoms with Crippen LogP contribution in [0, 0.1) is 0 Å². The van der Waals surface area contributed by atoms with E-state index in [1.54, 1.807) is 6.92 Å². The quantitative estimate of drug-likeness (QED) is 0.891. The minimum Gasteiger partial charge on any atom is -0.480 e. The van der Waals surface area contributed by atoms with Crippen LogP contribution in [0.15, 0.2) is 54.6 Å². The molecule has 0 amide bonds. The molecule has 19 heavy (non-hydrogen) atoms. The third-order valence-electron chi connectivity index (χ3n) is 2.91. The Balaban J connectivity index is 2.01. The molecule has 0 radical (unpaired) electrons. The van der Waals surface area contributed by atoms with Crippen molar-refractivity contribution >= 4 is 17.7 Å². The first-order chi connectivity index (χ1) is 9.16. The highest BCUT2D eigenvalue weighted by molar-refractivity contribution is 7.99. The van der Waals surface area contributed by atoms with E-state index in [0.29, 0.717) is 0 Å². The molecule has 2 rings (SSSR count). The predicted octanol–water partition coefficient (Wildman–Crippen LogP) is 4.06. The van der Waals surface area contributed by atoms with Crippen LogP contribution in [-0.4, -0.2) is 16.3 Å². The van der Waals surface area contributed by atoms with Crippen LogP contribution in [0.3, 0.4) is 0 Å². The van der Waals surface area contributed by atoms with Crippen LogP contribution in [0.25, 0.3) is 11.1 Å². The van der Waals surface area contributed by atoms with Crippen LogP contribution >= 0.6 is 11.8 Å². The zero-order valence-corrected chi connectivity index (χ0v) is 11.6. The van der Waals surface area contributed by atoms with Crippen molar-refractivity contribution in [2.24, 2.45) is 0 Å². The fourth-order valence-corrected chi connectivity index (χ4v) is 2.49. The summed E-state index contributed by atoms with van der Waals surface area (Å²) in [7, 11) is 0. The summed E-state index contributed by atoms with van der Waals surface area (Å²) in [4.78, 5) is 10.7. The van der Waals surface area contributed by atoms with Crippen molar-refractivity contribution in [3.8, 4) is 11.1 Å². The second-order valence-electron chi connectivity index (χ2n) is 4.35. The molecule has 2 aromatic rings. The summed E-state index contributed by atoms with van der Waals surface area (Å²) in [6.07, 6.45) is 0. The summed E-state index contributed by atoms with van der Waals surface area (Å²) in [6.45, 7) is 1.71. The predicted molar refractivity (Wildman–Crippen MR) is 80.3 cm³/mol. The lowest BCUT2D eigenvalue weighted by Gasteiger charge is -2.07. The molecule has 2 nitrogen and oxygen atoms in total. The van der Waals surface area contributed by atoms with Gasteiger partial charge in [-0.2, -0.15) is 0 Å². The molecule has 0 aliphatic heterocycles. The standard InChI is InChI=1S/C16H16O2S/c1-12(16(17)18)19-11-13-7-9-15(10-8-13)14-5-3-2-4-6-14/h2-10,12H,11H2,1H3,(H,17,18). The molecule has 1 N–H and O–H groups in total. The lowest BCUT2D eigenvalue weighted by Crippen LogP contribution is -2.11. The SMILES string of the molecule is CC(SCc1ccc(-c2ccccc2)cc1)C(=O)O. The van der Waals surface area contributed by atoms with E-state index in [0.717, 1.165) is 11.3 Å². The normalized spacial score (nSPS) is 12.1. The Kier molecular flexibility index (Phi) is 4.63. The van der Waals surface area contributed by atoms with E-state index in [9.17, 15) is 4.79 Å². The van der Waals surface area contributed by atoms with Crippen molar-refractivity contribution in [2.75, 3.05) is 0 Å². The Hall–Kier alpha value is -1.74. The van der Waals surface area contributed by atoms with Crippen LogP contribution in [-0.2, 0) is 10.5 Å². The van der Waals surface area contributed by atoms with Crippen LogP contribution < -0.4 is 0 Å². The monoisotopic (exact) mass is 272 g/mol. The summed E-state index contributed by atoms with van der Waals surface area (Å²) in [6, 6.07) is 18.5. The molecule has 1 unspecified atom stereocenters. The number of hydrogen-bond acceptors (Lipinski definition) is 2. The third kappa shape index (κ3) is 3.86. The van der Waals surface area contributed by atoms with E-state index >= 15 is 0 Å². The van der Waals surface area contributed by atoms with Gasteiger partial charge in [0.25, 0.3) is 0 Å². The number of hydrogen-bond donors (Lipinski definition) is 1. The summed E-state index contributed by atoms with van der Waals surface area (Å²) < 4.78 is 0. The maximum atomic E-state index is 10.7. The summed E-state index contributed by atoms with van der Waals surface area (Å²) >= 11 is 1.44. The molecule has 0 bridgehead atoms. The smallest absolute Gasteiger partial charge is 0.316 e. The second-order valence-corrected chi connectivity index (χ2v) is 5.68. The van der Waals surface area contributed by atoms with Crippen LogP contribution in [0.2, 0.25) is 0 Å². The van der Waals surface area contributed by atoms with Gasteiger partial charge in [0, 0.05) is 5.75 Å². The molecule has 3 heteroatoms. The van der Waals surface area contributed by atoms with E-state index in [2.05, 4.69) is 36.4 Å². The summed E-state index contributed by atoms with van der Waals surface area (Å²) in [5, 5.41) is 8.47. The van der Waals surface area contributed by atoms with Crippen molar-refractivity contribution in [2.45, 2.75) is 17.9 Å². The van der Waals surface area contributed by atoms with Gasteiger partial charge in [0.05, 0.1) is 5.25 Å². The van der Waals surface area contributed by atoms with Gasteiger partial charge in [0.1, 0.15) is 0 Å². The summed E-state index contributed by atoms with van der Waals surface area (Å²) in [5.74, 6) is -0.0337. The van der Waals surface area contributed by atoms with Gasteiger partial charge >= 0.3 is 5.97 Å².